The third-order valence-electron chi connectivity index (χ3n) is 6.39. The molecule has 6 rings (SSSR count). The number of amides is 1. The van der Waals surface area contributed by atoms with E-state index in [0.29, 0.717) is 38.5 Å². The Morgan fingerprint density at radius 1 is 1.05 bits per heavy atom. The number of fused-ring (bicyclic) bond motifs is 2. The summed E-state index contributed by atoms with van der Waals surface area (Å²) in [5.74, 6) is -0.130. The van der Waals surface area contributed by atoms with E-state index in [4.69, 9.17) is 20.8 Å². The average molecular weight is 594 g/mol. The largest absolute Gasteiger partial charge is 0.477 e. The van der Waals surface area contributed by atoms with Crippen LogP contribution in [0.1, 0.15) is 5.56 Å². The van der Waals surface area contributed by atoms with E-state index in [1.807, 2.05) is 18.2 Å². The normalized spacial score (nSPS) is 11.3. The molecule has 1 N–H and O–H groups in total. The van der Waals surface area contributed by atoms with Crippen molar-refractivity contribution < 1.29 is 18.9 Å². The minimum Gasteiger partial charge on any atom is -0.477 e. The number of halogens is 1. The molecule has 0 aliphatic rings. The van der Waals surface area contributed by atoms with Gasteiger partial charge in [0.25, 0.3) is 11.5 Å². The third-order valence-corrected chi connectivity index (χ3v) is 6.64. The molecule has 2 aromatic heterocycles. The Morgan fingerprint density at radius 3 is 2.60 bits per heavy atom. The zero-order valence-electron chi connectivity index (χ0n) is 22.1. The fourth-order valence-corrected chi connectivity index (χ4v) is 4.49. The van der Waals surface area contributed by atoms with Crippen LogP contribution in [0.5, 0.6) is 5.75 Å². The Morgan fingerprint density at radius 2 is 1.81 bits per heavy atom. The van der Waals surface area contributed by atoms with Gasteiger partial charge in [-0.2, -0.15) is 9.78 Å². The summed E-state index contributed by atoms with van der Waals surface area (Å²) in [6.07, 6.45) is 1.30. The van der Waals surface area contributed by atoms with Crippen LogP contribution in [0.3, 0.4) is 0 Å². The van der Waals surface area contributed by atoms with Crippen LogP contribution in [0, 0.1) is 10.1 Å². The molecule has 0 saturated carbocycles. The lowest BCUT2D eigenvalue weighted by atomic mass is 10.2. The molecular formula is C31H20ClN5O6. The standard InChI is InChI=1S/C31H20ClN5O6/c32-21-10-12-22(13-11-21)34-29(38)18-42-27-14-9-19(15-25(27)37(40)41)17-33-36-30(28-16-20-5-1-4-8-26(20)43-28)35-24-7-3-2-6-23(24)31(36)39/h1-17H,18H2,(H,34,38). The third kappa shape index (κ3) is 5.83. The molecule has 0 radical (unpaired) electrons. The number of para-hydroxylation sites is 2. The van der Waals surface area contributed by atoms with E-state index in [2.05, 4.69) is 15.4 Å². The lowest BCUT2D eigenvalue weighted by Crippen LogP contribution is -2.20. The van der Waals surface area contributed by atoms with Gasteiger partial charge in [0.2, 0.25) is 5.82 Å². The second-order valence-electron chi connectivity index (χ2n) is 9.29. The molecule has 2 heterocycles. The number of rotatable bonds is 8. The number of nitro groups is 1. The number of hydrogen-bond donors (Lipinski definition) is 1. The predicted octanol–water partition coefficient (Wildman–Crippen LogP) is 6.27. The first kappa shape index (κ1) is 27.4. The number of nitrogens with zero attached hydrogens (tertiary/aromatic N) is 4. The molecule has 11 nitrogen and oxygen atoms in total. The summed E-state index contributed by atoms with van der Waals surface area (Å²) in [7, 11) is 0. The summed E-state index contributed by atoms with van der Waals surface area (Å²) in [6.45, 7) is -0.462. The van der Waals surface area contributed by atoms with Crippen LogP contribution < -0.4 is 15.6 Å². The van der Waals surface area contributed by atoms with Crippen molar-refractivity contribution in [3.63, 3.8) is 0 Å². The molecule has 0 fully saturated rings. The SMILES string of the molecule is O=C(COc1ccc(C=Nn2c(-c3cc4ccccc4o3)nc3ccccc3c2=O)cc1[N+](=O)[O-])Nc1ccc(Cl)cc1. The van der Waals surface area contributed by atoms with E-state index in [0.717, 1.165) is 10.1 Å². The molecule has 12 heteroatoms. The second-order valence-corrected chi connectivity index (χ2v) is 9.73. The van der Waals surface area contributed by atoms with Crippen LogP contribution in [-0.2, 0) is 4.79 Å². The lowest BCUT2D eigenvalue weighted by Gasteiger charge is -2.09. The topological polar surface area (TPSA) is 142 Å². The Bertz CT molecular complexity index is 2070. The lowest BCUT2D eigenvalue weighted by molar-refractivity contribution is -0.385. The maximum atomic E-state index is 13.5. The molecule has 4 aromatic carbocycles. The summed E-state index contributed by atoms with van der Waals surface area (Å²) >= 11 is 5.85. The second kappa shape index (κ2) is 11.6. The van der Waals surface area contributed by atoms with Crippen molar-refractivity contribution in [2.45, 2.75) is 0 Å². The fraction of sp³-hybridized carbons (Fsp3) is 0.0323. The van der Waals surface area contributed by atoms with Crippen molar-refractivity contribution >= 4 is 57.0 Å². The van der Waals surface area contributed by atoms with Crippen LogP contribution >= 0.6 is 11.6 Å². The van der Waals surface area contributed by atoms with Gasteiger partial charge in [-0.05, 0) is 60.7 Å². The van der Waals surface area contributed by atoms with Crippen LogP contribution in [-0.4, -0.2) is 33.3 Å². The van der Waals surface area contributed by atoms with Gasteiger partial charge in [0, 0.05) is 27.7 Å². The number of nitrogens with one attached hydrogen (secondary N) is 1. The summed E-state index contributed by atoms with van der Waals surface area (Å²) in [4.78, 5) is 41.6. The van der Waals surface area contributed by atoms with Crippen LogP contribution in [0.4, 0.5) is 11.4 Å². The van der Waals surface area contributed by atoms with E-state index in [-0.39, 0.29) is 17.3 Å². The molecule has 212 valence electrons. The van der Waals surface area contributed by atoms with E-state index in [9.17, 15) is 19.7 Å². The average Bonchev–Trinajstić information content (AvgIpc) is 3.45. The van der Waals surface area contributed by atoms with Gasteiger partial charge in [-0.25, -0.2) is 4.98 Å². The molecule has 0 atom stereocenters. The quantitative estimate of drug-likeness (QED) is 0.124. The first-order chi connectivity index (χ1) is 20.9. The van der Waals surface area contributed by atoms with Crippen LogP contribution in [0.2, 0.25) is 5.02 Å². The van der Waals surface area contributed by atoms with E-state index < -0.39 is 23.0 Å². The summed E-state index contributed by atoms with van der Waals surface area (Å²) in [5.41, 5.74) is 1.05. The molecule has 0 spiro atoms. The zero-order chi connectivity index (χ0) is 29.9. The van der Waals surface area contributed by atoms with E-state index in [1.165, 1.54) is 24.4 Å². The van der Waals surface area contributed by atoms with Crippen LogP contribution in [0.15, 0.2) is 111 Å². The Hall–Kier alpha value is -5.81. The predicted molar refractivity (Wildman–Crippen MR) is 163 cm³/mol. The molecule has 0 unspecified atom stereocenters. The van der Waals surface area contributed by atoms with Gasteiger partial charge in [0.15, 0.2) is 18.1 Å². The van der Waals surface area contributed by atoms with Crippen molar-refractivity contribution in [1.29, 1.82) is 0 Å². The highest BCUT2D eigenvalue weighted by Crippen LogP contribution is 2.29. The number of anilines is 1. The van der Waals surface area contributed by atoms with Gasteiger partial charge >= 0.3 is 5.69 Å². The number of aromatic nitrogens is 2. The van der Waals surface area contributed by atoms with Crippen molar-refractivity contribution in [3.05, 3.63) is 128 Å². The van der Waals surface area contributed by atoms with Gasteiger partial charge in [-0.1, -0.05) is 41.9 Å². The number of benzene rings is 4. The van der Waals surface area contributed by atoms with Gasteiger partial charge in [0.05, 0.1) is 22.0 Å². The monoisotopic (exact) mass is 593 g/mol. The van der Waals surface area contributed by atoms with Gasteiger partial charge in [-0.3, -0.25) is 19.7 Å². The molecule has 6 aromatic rings. The smallest absolute Gasteiger partial charge is 0.311 e. The van der Waals surface area contributed by atoms with Crippen molar-refractivity contribution in [3.8, 4) is 17.3 Å². The molecule has 0 bridgehead atoms. The zero-order valence-corrected chi connectivity index (χ0v) is 22.9. The maximum absolute atomic E-state index is 13.5. The Balaban J connectivity index is 1.30. The van der Waals surface area contributed by atoms with E-state index in [1.54, 1.807) is 60.7 Å². The Kier molecular flexibility index (Phi) is 7.37. The Labute approximate surface area is 247 Å². The van der Waals surface area contributed by atoms with Crippen LogP contribution in [0.25, 0.3) is 33.5 Å². The number of ether oxygens (including phenoxy) is 1. The molecule has 0 aliphatic carbocycles. The number of carbonyl (C=O) groups is 1. The highest BCUT2D eigenvalue weighted by atomic mass is 35.5. The fourth-order valence-electron chi connectivity index (χ4n) is 4.36. The molecule has 0 aliphatic heterocycles. The first-order valence-corrected chi connectivity index (χ1v) is 13.3. The first-order valence-electron chi connectivity index (χ1n) is 12.9. The van der Waals surface area contributed by atoms with E-state index >= 15 is 0 Å². The highest BCUT2D eigenvalue weighted by molar-refractivity contribution is 6.30. The van der Waals surface area contributed by atoms with Crippen molar-refractivity contribution in [2.24, 2.45) is 5.10 Å². The van der Waals surface area contributed by atoms with Crippen molar-refractivity contribution in [2.75, 3.05) is 11.9 Å². The number of furan rings is 1. The van der Waals surface area contributed by atoms with Gasteiger partial charge < -0.3 is 14.5 Å². The summed E-state index contributed by atoms with van der Waals surface area (Å²) in [6, 6.07) is 26.6. The molecule has 0 saturated heterocycles. The van der Waals surface area contributed by atoms with Gasteiger partial charge in [0.1, 0.15) is 5.58 Å². The number of hydrogen-bond acceptors (Lipinski definition) is 8. The summed E-state index contributed by atoms with van der Waals surface area (Å²) in [5, 5.41) is 20.5. The maximum Gasteiger partial charge on any atom is 0.311 e. The number of carbonyl (C=O) groups excluding carboxylic acids is 1. The molecular weight excluding hydrogens is 574 g/mol. The van der Waals surface area contributed by atoms with Crippen molar-refractivity contribution in [1.82, 2.24) is 9.66 Å². The number of nitro benzene ring substituents is 1. The van der Waals surface area contributed by atoms with Gasteiger partial charge in [-0.15, -0.1) is 0 Å². The highest BCUT2D eigenvalue weighted by Gasteiger charge is 2.19. The molecule has 43 heavy (non-hydrogen) atoms. The minimum absolute atomic E-state index is 0.110. The minimum atomic E-state index is -0.632. The molecule has 1 amide bonds. The summed E-state index contributed by atoms with van der Waals surface area (Å²) < 4.78 is 12.5.